The molecule has 0 bridgehead atoms. The van der Waals surface area contributed by atoms with E-state index in [4.69, 9.17) is 4.74 Å². The Morgan fingerprint density at radius 3 is 2.56 bits per heavy atom. The van der Waals surface area contributed by atoms with Crippen molar-refractivity contribution in [1.82, 2.24) is 16.0 Å². The molecule has 6 nitrogen and oxygen atoms in total. The van der Waals surface area contributed by atoms with Crippen molar-refractivity contribution in [3.05, 3.63) is 29.3 Å². The lowest BCUT2D eigenvalue weighted by atomic mass is 9.92. The van der Waals surface area contributed by atoms with E-state index in [-0.39, 0.29) is 12.0 Å². The van der Waals surface area contributed by atoms with Gasteiger partial charge in [0.1, 0.15) is 5.75 Å². The van der Waals surface area contributed by atoms with Gasteiger partial charge in [-0.3, -0.25) is 4.79 Å². The average Bonchev–Trinajstić information content (AvgIpc) is 2.64. The summed E-state index contributed by atoms with van der Waals surface area (Å²) in [5.74, 6) is 1.56. The number of rotatable bonds is 9. The van der Waals surface area contributed by atoms with Gasteiger partial charge in [-0.15, -0.1) is 0 Å². The maximum atomic E-state index is 12.0. The summed E-state index contributed by atoms with van der Waals surface area (Å²) in [5, 5.41) is 9.20. The minimum absolute atomic E-state index is 0.00591. The topological polar surface area (TPSA) is 74.8 Å². The van der Waals surface area contributed by atoms with E-state index in [0.29, 0.717) is 19.0 Å². The van der Waals surface area contributed by atoms with Crippen LogP contribution in [0.1, 0.15) is 52.2 Å². The van der Waals surface area contributed by atoms with Gasteiger partial charge in [0, 0.05) is 25.7 Å². The van der Waals surface area contributed by atoms with E-state index in [1.54, 1.807) is 7.05 Å². The normalized spacial score (nSPS) is 13.1. The van der Waals surface area contributed by atoms with Crippen molar-refractivity contribution < 1.29 is 9.53 Å². The summed E-state index contributed by atoms with van der Waals surface area (Å²) >= 11 is 0. The zero-order chi connectivity index (χ0) is 20.4. The van der Waals surface area contributed by atoms with Gasteiger partial charge in [-0.25, -0.2) is 4.99 Å². The molecular weight excluding hydrogens is 340 g/mol. The summed E-state index contributed by atoms with van der Waals surface area (Å²) in [5.41, 5.74) is 1.68. The second-order valence-corrected chi connectivity index (χ2v) is 7.46. The van der Waals surface area contributed by atoms with Crippen molar-refractivity contribution in [3.8, 4) is 5.75 Å². The molecule has 152 valence electrons. The van der Waals surface area contributed by atoms with Crippen molar-refractivity contribution in [2.75, 3.05) is 20.1 Å². The highest BCUT2D eigenvalue weighted by Crippen LogP contribution is 2.23. The molecule has 1 aromatic rings. The van der Waals surface area contributed by atoms with Gasteiger partial charge in [0.25, 0.3) is 0 Å². The molecule has 0 saturated carbocycles. The number of ether oxygens (including phenoxy) is 1. The predicted octanol–water partition coefficient (Wildman–Crippen LogP) is 3.00. The fourth-order valence-electron chi connectivity index (χ4n) is 2.43. The average molecular weight is 377 g/mol. The van der Waals surface area contributed by atoms with Crippen LogP contribution in [0.4, 0.5) is 0 Å². The maximum absolute atomic E-state index is 12.0. The number of hydrogen-bond acceptors (Lipinski definition) is 3. The zero-order valence-electron chi connectivity index (χ0n) is 17.9. The third-order valence-corrected chi connectivity index (χ3v) is 4.42. The molecule has 0 fully saturated rings. The number of amides is 1. The quantitative estimate of drug-likeness (QED) is 0.457. The van der Waals surface area contributed by atoms with Gasteiger partial charge in [0.05, 0.1) is 18.1 Å². The highest BCUT2D eigenvalue weighted by Gasteiger charge is 2.26. The SMILES string of the molecule is CCNC(=NCc1ccc(C)cc1OC(C)CC)NCC(C)(C)C(=O)NC. The van der Waals surface area contributed by atoms with Gasteiger partial charge in [-0.2, -0.15) is 0 Å². The van der Waals surface area contributed by atoms with Gasteiger partial charge < -0.3 is 20.7 Å². The molecule has 1 unspecified atom stereocenters. The largest absolute Gasteiger partial charge is 0.490 e. The molecule has 0 heterocycles. The van der Waals surface area contributed by atoms with E-state index in [1.807, 2.05) is 20.8 Å². The van der Waals surface area contributed by atoms with Gasteiger partial charge in [0.2, 0.25) is 5.91 Å². The molecule has 0 aromatic heterocycles. The Bertz CT molecular complexity index is 641. The lowest BCUT2D eigenvalue weighted by molar-refractivity contribution is -0.128. The lowest BCUT2D eigenvalue weighted by Gasteiger charge is -2.24. The number of guanidine groups is 1. The molecule has 0 aliphatic heterocycles. The van der Waals surface area contributed by atoms with Crippen molar-refractivity contribution >= 4 is 11.9 Å². The van der Waals surface area contributed by atoms with Crippen LogP contribution >= 0.6 is 0 Å². The third kappa shape index (κ3) is 7.49. The van der Waals surface area contributed by atoms with Crippen LogP contribution in [0.5, 0.6) is 5.75 Å². The van der Waals surface area contributed by atoms with E-state index in [2.05, 4.69) is 59.9 Å². The number of aliphatic imine (C=N–C) groups is 1. The summed E-state index contributed by atoms with van der Waals surface area (Å²) in [6.45, 7) is 13.8. The summed E-state index contributed by atoms with van der Waals surface area (Å²) in [4.78, 5) is 16.6. The Morgan fingerprint density at radius 1 is 1.26 bits per heavy atom. The molecule has 6 heteroatoms. The van der Waals surface area contributed by atoms with Gasteiger partial charge in [-0.05, 0) is 52.7 Å². The molecule has 1 atom stereocenters. The van der Waals surface area contributed by atoms with E-state index in [0.717, 1.165) is 24.3 Å². The molecule has 0 radical (unpaired) electrons. The predicted molar refractivity (Wildman–Crippen MR) is 112 cm³/mol. The fraction of sp³-hybridized carbons (Fsp3) is 0.619. The van der Waals surface area contributed by atoms with E-state index < -0.39 is 5.41 Å². The lowest BCUT2D eigenvalue weighted by Crippen LogP contribution is -2.47. The minimum atomic E-state index is -0.528. The molecule has 0 spiro atoms. The first-order valence-electron chi connectivity index (χ1n) is 9.74. The Morgan fingerprint density at radius 2 is 1.96 bits per heavy atom. The van der Waals surface area contributed by atoms with Crippen LogP contribution in [-0.2, 0) is 11.3 Å². The van der Waals surface area contributed by atoms with Crippen molar-refractivity contribution in [2.45, 2.75) is 60.6 Å². The van der Waals surface area contributed by atoms with Crippen LogP contribution in [0.3, 0.4) is 0 Å². The van der Waals surface area contributed by atoms with Crippen LogP contribution < -0.4 is 20.7 Å². The van der Waals surface area contributed by atoms with Gasteiger partial charge in [-0.1, -0.05) is 19.1 Å². The second kappa shape index (κ2) is 10.8. The number of nitrogens with zero attached hydrogens (tertiary/aromatic N) is 1. The minimum Gasteiger partial charge on any atom is -0.490 e. The monoisotopic (exact) mass is 376 g/mol. The maximum Gasteiger partial charge on any atom is 0.227 e. The summed E-state index contributed by atoms with van der Waals surface area (Å²) in [6, 6.07) is 6.20. The number of carbonyl (C=O) groups excluding carboxylic acids is 1. The Balaban J connectivity index is 2.90. The van der Waals surface area contributed by atoms with Crippen LogP contribution in [0.25, 0.3) is 0 Å². The number of nitrogens with one attached hydrogen (secondary N) is 3. The van der Waals surface area contributed by atoms with Crippen molar-refractivity contribution in [2.24, 2.45) is 10.4 Å². The smallest absolute Gasteiger partial charge is 0.227 e. The Labute approximate surface area is 164 Å². The summed E-state index contributed by atoms with van der Waals surface area (Å²) in [6.07, 6.45) is 1.12. The first-order valence-corrected chi connectivity index (χ1v) is 9.74. The van der Waals surface area contributed by atoms with E-state index >= 15 is 0 Å². The Kier molecular flexibility index (Phi) is 9.12. The van der Waals surface area contributed by atoms with Crippen molar-refractivity contribution in [3.63, 3.8) is 0 Å². The fourth-order valence-corrected chi connectivity index (χ4v) is 2.43. The molecule has 1 aromatic carbocycles. The molecule has 0 saturated heterocycles. The van der Waals surface area contributed by atoms with Crippen LogP contribution in [0, 0.1) is 12.3 Å². The first kappa shape index (κ1) is 22.8. The van der Waals surface area contributed by atoms with Gasteiger partial charge in [0.15, 0.2) is 5.96 Å². The third-order valence-electron chi connectivity index (χ3n) is 4.42. The standard InChI is InChI=1S/C21H36N4O2/c1-8-16(4)27-18-12-15(3)10-11-17(18)13-24-20(23-9-2)25-14-21(5,6)19(26)22-7/h10-12,16H,8-9,13-14H2,1-7H3,(H,22,26)(H2,23,24,25). The second-order valence-electron chi connectivity index (χ2n) is 7.46. The first-order chi connectivity index (χ1) is 12.7. The van der Waals surface area contributed by atoms with Crippen molar-refractivity contribution in [1.29, 1.82) is 0 Å². The highest BCUT2D eigenvalue weighted by molar-refractivity contribution is 5.84. The number of carbonyl (C=O) groups is 1. The van der Waals surface area contributed by atoms with Crippen LogP contribution in [-0.4, -0.2) is 38.1 Å². The number of hydrogen-bond donors (Lipinski definition) is 3. The molecule has 1 rings (SSSR count). The van der Waals surface area contributed by atoms with E-state index in [1.165, 1.54) is 5.56 Å². The molecule has 1 amide bonds. The van der Waals surface area contributed by atoms with Gasteiger partial charge >= 0.3 is 0 Å². The highest BCUT2D eigenvalue weighted by atomic mass is 16.5. The van der Waals surface area contributed by atoms with Crippen LogP contribution in [0.15, 0.2) is 23.2 Å². The zero-order valence-corrected chi connectivity index (χ0v) is 17.9. The number of aryl methyl sites for hydroxylation is 1. The summed E-state index contributed by atoms with van der Waals surface area (Å²) < 4.78 is 6.06. The molecule has 0 aliphatic rings. The summed E-state index contributed by atoms with van der Waals surface area (Å²) in [7, 11) is 1.65. The molecule has 27 heavy (non-hydrogen) atoms. The number of benzene rings is 1. The van der Waals surface area contributed by atoms with Crippen LogP contribution in [0.2, 0.25) is 0 Å². The molecule has 0 aliphatic carbocycles. The molecule has 3 N–H and O–H groups in total. The van der Waals surface area contributed by atoms with E-state index in [9.17, 15) is 4.79 Å². The Hall–Kier alpha value is -2.24. The molecular formula is C21H36N4O2.